The van der Waals surface area contributed by atoms with Crippen LogP contribution in [0.3, 0.4) is 0 Å². The van der Waals surface area contributed by atoms with Gasteiger partial charge < -0.3 is 24.0 Å². The summed E-state index contributed by atoms with van der Waals surface area (Å²) in [6.45, 7) is 10.1. The lowest BCUT2D eigenvalue weighted by molar-refractivity contribution is -0.152. The van der Waals surface area contributed by atoms with E-state index < -0.39 is 11.6 Å². The van der Waals surface area contributed by atoms with Crippen LogP contribution in [-0.2, 0) is 30.7 Å². The summed E-state index contributed by atoms with van der Waals surface area (Å²) in [5, 5.41) is 12.8. The van der Waals surface area contributed by atoms with E-state index in [1.165, 1.54) is 0 Å². The summed E-state index contributed by atoms with van der Waals surface area (Å²) in [7, 11) is 0. The number of carbonyl (C=O) groups is 1. The zero-order chi connectivity index (χ0) is 26.6. The molecule has 0 saturated carbocycles. The number of oxazole rings is 2. The number of aliphatic carboxylic acids is 1. The number of aromatic nitrogens is 2. The highest BCUT2D eigenvalue weighted by Crippen LogP contribution is 2.30. The average Bonchev–Trinajstić information content (AvgIpc) is 3.47. The second-order valence-electron chi connectivity index (χ2n) is 9.57. The topological polar surface area (TPSA) is 111 Å². The second-order valence-corrected chi connectivity index (χ2v) is 9.57. The van der Waals surface area contributed by atoms with E-state index in [0.717, 1.165) is 45.8 Å². The van der Waals surface area contributed by atoms with Crippen molar-refractivity contribution in [3.63, 3.8) is 0 Å². The summed E-state index contributed by atoms with van der Waals surface area (Å²) in [5.74, 6) is 1.59. The molecule has 0 aliphatic heterocycles. The fourth-order valence-corrected chi connectivity index (χ4v) is 4.03. The van der Waals surface area contributed by atoms with Gasteiger partial charge in [0.15, 0.2) is 5.60 Å². The fourth-order valence-electron chi connectivity index (χ4n) is 4.03. The molecular formula is C29H33N3O5. The lowest BCUT2D eigenvalue weighted by Crippen LogP contribution is -2.38. The third-order valence-electron chi connectivity index (χ3n) is 6.13. The van der Waals surface area contributed by atoms with Crippen molar-refractivity contribution in [2.24, 2.45) is 0 Å². The van der Waals surface area contributed by atoms with Crippen molar-refractivity contribution in [1.82, 2.24) is 15.3 Å². The molecular weight excluding hydrogens is 470 g/mol. The first-order valence-electron chi connectivity index (χ1n) is 12.4. The van der Waals surface area contributed by atoms with E-state index in [4.69, 9.17) is 13.6 Å². The minimum absolute atomic E-state index is 0.470. The molecule has 0 bridgehead atoms. The van der Waals surface area contributed by atoms with Gasteiger partial charge in [0.25, 0.3) is 0 Å². The van der Waals surface area contributed by atoms with E-state index in [1.807, 2.05) is 63.2 Å². The number of ether oxygens (including phenoxy) is 1. The Kier molecular flexibility index (Phi) is 7.78. The third-order valence-corrected chi connectivity index (χ3v) is 6.13. The van der Waals surface area contributed by atoms with Gasteiger partial charge >= 0.3 is 5.97 Å². The van der Waals surface area contributed by atoms with Crippen LogP contribution >= 0.6 is 0 Å². The summed E-state index contributed by atoms with van der Waals surface area (Å²) in [6.07, 6.45) is 2.91. The molecule has 0 unspecified atom stereocenters. The van der Waals surface area contributed by atoms with E-state index in [9.17, 15) is 9.90 Å². The van der Waals surface area contributed by atoms with Gasteiger partial charge in [0.2, 0.25) is 11.8 Å². The van der Waals surface area contributed by atoms with Crippen LogP contribution in [0.25, 0.3) is 11.5 Å². The molecule has 0 spiro atoms. The van der Waals surface area contributed by atoms with E-state index in [-0.39, 0.29) is 0 Å². The zero-order valence-corrected chi connectivity index (χ0v) is 21.9. The molecule has 8 nitrogen and oxygen atoms in total. The first kappa shape index (κ1) is 26.2. The Hall–Kier alpha value is -3.91. The van der Waals surface area contributed by atoms with Gasteiger partial charge in [0, 0.05) is 18.5 Å². The standard InChI is InChI=1S/C29H33N3O5/c1-6-21-13-20(12-18(2)26(21)37-29(4,5)28(33)34)15-30-16-25-31-23(17-35-25)14-24-19(3)36-27(32-24)22-10-8-7-9-11-22/h7-13,17,30H,6,14-16H2,1-5H3,(H,33,34). The van der Waals surface area contributed by atoms with Crippen LogP contribution in [0, 0.1) is 13.8 Å². The number of nitrogens with zero attached hydrogens (tertiary/aromatic N) is 2. The van der Waals surface area contributed by atoms with Crippen LogP contribution in [0.15, 0.2) is 57.6 Å². The maximum Gasteiger partial charge on any atom is 0.347 e. The van der Waals surface area contributed by atoms with Gasteiger partial charge in [0.1, 0.15) is 17.8 Å². The molecule has 37 heavy (non-hydrogen) atoms. The highest BCUT2D eigenvalue weighted by Gasteiger charge is 2.30. The van der Waals surface area contributed by atoms with Gasteiger partial charge in [-0.15, -0.1) is 0 Å². The van der Waals surface area contributed by atoms with Gasteiger partial charge in [-0.3, -0.25) is 0 Å². The van der Waals surface area contributed by atoms with Gasteiger partial charge in [0.05, 0.1) is 17.9 Å². The van der Waals surface area contributed by atoms with Gasteiger partial charge in [-0.2, -0.15) is 0 Å². The van der Waals surface area contributed by atoms with Gasteiger partial charge in [-0.25, -0.2) is 14.8 Å². The largest absolute Gasteiger partial charge is 0.478 e. The summed E-state index contributed by atoms with van der Waals surface area (Å²) in [4.78, 5) is 20.7. The number of benzene rings is 2. The molecule has 0 aliphatic carbocycles. The monoisotopic (exact) mass is 503 g/mol. The van der Waals surface area contributed by atoms with Crippen molar-refractivity contribution in [2.45, 2.75) is 66.2 Å². The number of nitrogens with one attached hydrogen (secondary N) is 1. The third kappa shape index (κ3) is 6.27. The lowest BCUT2D eigenvalue weighted by atomic mass is 10.0. The van der Waals surface area contributed by atoms with Crippen LogP contribution < -0.4 is 10.1 Å². The Balaban J connectivity index is 1.36. The lowest BCUT2D eigenvalue weighted by Gasteiger charge is -2.25. The summed E-state index contributed by atoms with van der Waals surface area (Å²) in [6, 6.07) is 13.9. The highest BCUT2D eigenvalue weighted by atomic mass is 16.5. The molecule has 194 valence electrons. The molecule has 0 radical (unpaired) electrons. The Morgan fingerprint density at radius 1 is 1.11 bits per heavy atom. The Morgan fingerprint density at radius 3 is 2.57 bits per heavy atom. The van der Waals surface area contributed by atoms with Gasteiger partial charge in [-0.05, 0) is 62.9 Å². The summed E-state index contributed by atoms with van der Waals surface area (Å²) >= 11 is 0. The summed E-state index contributed by atoms with van der Waals surface area (Å²) < 4.78 is 17.4. The molecule has 2 heterocycles. The van der Waals surface area contributed by atoms with E-state index in [0.29, 0.717) is 37.0 Å². The van der Waals surface area contributed by atoms with Crippen LogP contribution in [0.4, 0.5) is 0 Å². The normalized spacial score (nSPS) is 11.6. The number of aryl methyl sites for hydroxylation is 3. The van der Waals surface area contributed by atoms with E-state index >= 15 is 0 Å². The second kappa shape index (κ2) is 11.0. The van der Waals surface area contributed by atoms with Crippen LogP contribution in [0.1, 0.15) is 60.5 Å². The molecule has 8 heteroatoms. The molecule has 0 saturated heterocycles. The smallest absolute Gasteiger partial charge is 0.347 e. The molecule has 4 rings (SSSR count). The SMILES string of the molecule is CCc1cc(CNCc2nc(Cc3nc(-c4ccccc4)oc3C)co2)cc(C)c1OC(C)(C)C(=O)O. The first-order valence-corrected chi connectivity index (χ1v) is 12.4. The Bertz CT molecular complexity index is 1370. The van der Waals surface area contributed by atoms with Crippen molar-refractivity contribution >= 4 is 5.97 Å². The number of carboxylic acids is 1. The van der Waals surface area contributed by atoms with E-state index in [1.54, 1.807) is 20.1 Å². The fraction of sp³-hybridized carbons (Fsp3) is 0.345. The van der Waals surface area contributed by atoms with Crippen LogP contribution in [0.2, 0.25) is 0 Å². The summed E-state index contributed by atoms with van der Waals surface area (Å²) in [5.41, 5.74) is 4.22. The Labute approximate surface area is 216 Å². The zero-order valence-electron chi connectivity index (χ0n) is 21.9. The maximum absolute atomic E-state index is 11.5. The molecule has 2 aromatic heterocycles. The highest BCUT2D eigenvalue weighted by molar-refractivity contribution is 5.77. The number of rotatable bonds is 11. The predicted octanol–water partition coefficient (Wildman–Crippen LogP) is 5.63. The number of hydrogen-bond acceptors (Lipinski definition) is 7. The van der Waals surface area contributed by atoms with Gasteiger partial charge in [-0.1, -0.05) is 37.3 Å². The van der Waals surface area contributed by atoms with Crippen molar-refractivity contribution in [3.05, 3.63) is 88.5 Å². The van der Waals surface area contributed by atoms with Crippen molar-refractivity contribution in [3.8, 4) is 17.2 Å². The Morgan fingerprint density at radius 2 is 1.86 bits per heavy atom. The number of carboxylic acid groups (broad SMARTS) is 1. The predicted molar refractivity (Wildman–Crippen MR) is 139 cm³/mol. The maximum atomic E-state index is 11.5. The van der Waals surface area contributed by atoms with E-state index in [2.05, 4.69) is 15.3 Å². The number of hydrogen-bond donors (Lipinski definition) is 2. The van der Waals surface area contributed by atoms with Crippen molar-refractivity contribution < 1.29 is 23.5 Å². The van der Waals surface area contributed by atoms with Crippen LogP contribution in [0.5, 0.6) is 5.75 Å². The molecule has 4 aromatic rings. The minimum atomic E-state index is -1.30. The average molecular weight is 504 g/mol. The molecule has 0 fully saturated rings. The molecule has 0 amide bonds. The quantitative estimate of drug-likeness (QED) is 0.271. The van der Waals surface area contributed by atoms with Crippen molar-refractivity contribution in [2.75, 3.05) is 0 Å². The molecule has 2 N–H and O–H groups in total. The minimum Gasteiger partial charge on any atom is -0.478 e. The van der Waals surface area contributed by atoms with Crippen molar-refractivity contribution in [1.29, 1.82) is 0 Å². The molecule has 2 aromatic carbocycles. The molecule has 0 atom stereocenters. The molecule has 0 aliphatic rings. The first-order chi connectivity index (χ1) is 17.7. The van der Waals surface area contributed by atoms with Crippen LogP contribution in [-0.4, -0.2) is 26.6 Å².